The minimum absolute atomic E-state index is 0.00217. The highest BCUT2D eigenvalue weighted by Crippen LogP contribution is 2.11. The zero-order valence-electron chi connectivity index (χ0n) is 14.7. The summed E-state index contributed by atoms with van der Waals surface area (Å²) in [5.41, 5.74) is -0.580. The lowest BCUT2D eigenvalue weighted by Gasteiger charge is -2.17. The second-order valence-electron chi connectivity index (χ2n) is 5.73. The lowest BCUT2D eigenvalue weighted by molar-refractivity contribution is 0.0951. The molecule has 0 fully saturated rings. The quantitative estimate of drug-likeness (QED) is 0.537. The SMILES string of the molecule is C=CCNC(=O)c1cn(C(C)CC)cc(C(=O)NCCCC)c1=O. The van der Waals surface area contributed by atoms with Gasteiger partial charge in [-0.1, -0.05) is 26.3 Å². The Balaban J connectivity index is 3.25. The van der Waals surface area contributed by atoms with Crippen molar-refractivity contribution in [2.45, 2.75) is 46.1 Å². The first-order chi connectivity index (χ1) is 11.5. The van der Waals surface area contributed by atoms with Gasteiger partial charge in [0.2, 0.25) is 5.43 Å². The van der Waals surface area contributed by atoms with Gasteiger partial charge in [0.1, 0.15) is 11.1 Å². The highest BCUT2D eigenvalue weighted by molar-refractivity contribution is 5.99. The zero-order valence-corrected chi connectivity index (χ0v) is 14.7. The third-order valence-corrected chi connectivity index (χ3v) is 3.86. The van der Waals surface area contributed by atoms with Crippen molar-refractivity contribution in [3.05, 3.63) is 46.4 Å². The predicted octanol–water partition coefficient (Wildman–Crippen LogP) is 2.27. The third kappa shape index (κ3) is 5.08. The highest BCUT2D eigenvalue weighted by Gasteiger charge is 2.19. The van der Waals surface area contributed by atoms with Gasteiger partial charge in [0, 0.05) is 31.5 Å². The van der Waals surface area contributed by atoms with Gasteiger partial charge in [0.15, 0.2) is 0 Å². The standard InChI is InChI=1S/C18H27N3O3/c1-5-8-10-20-18(24)15-12-21(13(4)7-3)11-14(16(15)22)17(23)19-9-6-2/h6,11-13H,2,5,7-10H2,1,3-4H3,(H,19,23)(H,20,24). The zero-order chi connectivity index (χ0) is 18.1. The van der Waals surface area contributed by atoms with E-state index in [-0.39, 0.29) is 23.7 Å². The Morgan fingerprint density at radius 3 is 2.29 bits per heavy atom. The molecule has 0 spiro atoms. The van der Waals surface area contributed by atoms with Gasteiger partial charge in [-0.15, -0.1) is 6.58 Å². The fourth-order valence-corrected chi connectivity index (χ4v) is 2.12. The van der Waals surface area contributed by atoms with E-state index in [2.05, 4.69) is 17.2 Å². The Kier molecular flexibility index (Phi) is 7.95. The molecule has 0 aromatic carbocycles. The van der Waals surface area contributed by atoms with Crippen molar-refractivity contribution in [2.75, 3.05) is 13.1 Å². The molecule has 1 aromatic heterocycles. The van der Waals surface area contributed by atoms with Crippen LogP contribution in [0, 0.1) is 0 Å². The molecule has 24 heavy (non-hydrogen) atoms. The molecule has 0 saturated carbocycles. The van der Waals surface area contributed by atoms with Gasteiger partial charge in [0.05, 0.1) is 0 Å². The molecular formula is C18H27N3O3. The topological polar surface area (TPSA) is 80.2 Å². The molecule has 2 N–H and O–H groups in total. The number of carbonyl (C=O) groups is 2. The molecule has 1 unspecified atom stereocenters. The molecule has 6 heteroatoms. The van der Waals surface area contributed by atoms with Crippen LogP contribution in [0.25, 0.3) is 0 Å². The van der Waals surface area contributed by atoms with Gasteiger partial charge in [0.25, 0.3) is 11.8 Å². The van der Waals surface area contributed by atoms with Crippen molar-refractivity contribution in [1.82, 2.24) is 15.2 Å². The normalized spacial score (nSPS) is 11.6. The summed E-state index contributed by atoms with van der Waals surface area (Å²) in [6.45, 7) is 10.3. The van der Waals surface area contributed by atoms with E-state index in [0.29, 0.717) is 6.54 Å². The molecule has 1 atom stereocenters. The van der Waals surface area contributed by atoms with Gasteiger partial charge >= 0.3 is 0 Å². The van der Waals surface area contributed by atoms with E-state index >= 15 is 0 Å². The molecule has 1 rings (SSSR count). The van der Waals surface area contributed by atoms with Crippen LogP contribution in [0.2, 0.25) is 0 Å². The molecule has 6 nitrogen and oxygen atoms in total. The van der Waals surface area contributed by atoms with E-state index in [1.165, 1.54) is 18.5 Å². The fourth-order valence-electron chi connectivity index (χ4n) is 2.12. The number of unbranched alkanes of at least 4 members (excludes halogenated alkanes) is 1. The molecular weight excluding hydrogens is 306 g/mol. The van der Waals surface area contributed by atoms with Crippen LogP contribution < -0.4 is 16.1 Å². The Morgan fingerprint density at radius 2 is 1.79 bits per heavy atom. The maximum Gasteiger partial charge on any atom is 0.257 e. The summed E-state index contributed by atoms with van der Waals surface area (Å²) in [5, 5.41) is 5.32. The minimum Gasteiger partial charge on any atom is -0.352 e. The average molecular weight is 333 g/mol. The number of aromatic nitrogens is 1. The second kappa shape index (κ2) is 9.70. The number of amides is 2. The Bertz CT molecular complexity index is 649. The van der Waals surface area contributed by atoms with E-state index < -0.39 is 17.2 Å². The van der Waals surface area contributed by atoms with Crippen molar-refractivity contribution in [3.63, 3.8) is 0 Å². The van der Waals surface area contributed by atoms with E-state index in [0.717, 1.165) is 19.3 Å². The van der Waals surface area contributed by atoms with Crippen LogP contribution in [0.5, 0.6) is 0 Å². The monoisotopic (exact) mass is 333 g/mol. The molecule has 0 aliphatic rings. The fraction of sp³-hybridized carbons (Fsp3) is 0.500. The third-order valence-electron chi connectivity index (χ3n) is 3.86. The molecule has 132 valence electrons. The lowest BCUT2D eigenvalue weighted by Crippen LogP contribution is -2.36. The van der Waals surface area contributed by atoms with E-state index in [1.54, 1.807) is 4.57 Å². The summed E-state index contributed by atoms with van der Waals surface area (Å²) in [7, 11) is 0. The smallest absolute Gasteiger partial charge is 0.257 e. The van der Waals surface area contributed by atoms with Crippen LogP contribution in [0.1, 0.15) is 66.8 Å². The lowest BCUT2D eigenvalue weighted by atomic mass is 10.1. The first-order valence-electron chi connectivity index (χ1n) is 8.39. The molecule has 2 amide bonds. The highest BCUT2D eigenvalue weighted by atomic mass is 16.2. The van der Waals surface area contributed by atoms with Gasteiger partial charge in [-0.25, -0.2) is 0 Å². The minimum atomic E-state index is -0.551. The van der Waals surface area contributed by atoms with Crippen LogP contribution in [0.15, 0.2) is 29.8 Å². The summed E-state index contributed by atoms with van der Waals surface area (Å²) < 4.78 is 1.75. The molecule has 1 aromatic rings. The van der Waals surface area contributed by atoms with Crippen molar-refractivity contribution in [3.8, 4) is 0 Å². The maximum atomic E-state index is 12.6. The van der Waals surface area contributed by atoms with Gasteiger partial charge in [-0.3, -0.25) is 14.4 Å². The number of carbonyl (C=O) groups excluding carboxylic acids is 2. The molecule has 1 heterocycles. The maximum absolute atomic E-state index is 12.6. The Hall–Kier alpha value is -2.37. The van der Waals surface area contributed by atoms with Crippen LogP contribution in [0.4, 0.5) is 0 Å². The number of nitrogens with zero attached hydrogens (tertiary/aromatic N) is 1. The van der Waals surface area contributed by atoms with Crippen LogP contribution >= 0.6 is 0 Å². The summed E-state index contributed by atoms with van der Waals surface area (Å²) in [4.78, 5) is 37.1. The summed E-state index contributed by atoms with van der Waals surface area (Å²) >= 11 is 0. The predicted molar refractivity (Wildman–Crippen MR) is 95.5 cm³/mol. The van der Waals surface area contributed by atoms with Crippen LogP contribution in [-0.4, -0.2) is 29.5 Å². The summed E-state index contributed by atoms with van der Waals surface area (Å²) in [6, 6.07) is 0.0683. The average Bonchev–Trinajstić information content (AvgIpc) is 2.59. The first-order valence-corrected chi connectivity index (χ1v) is 8.39. The van der Waals surface area contributed by atoms with Crippen LogP contribution in [-0.2, 0) is 0 Å². The molecule has 0 radical (unpaired) electrons. The molecule has 0 bridgehead atoms. The largest absolute Gasteiger partial charge is 0.352 e. The molecule has 0 saturated heterocycles. The molecule has 0 aliphatic carbocycles. The summed E-state index contributed by atoms with van der Waals surface area (Å²) in [6.07, 6.45) is 7.17. The van der Waals surface area contributed by atoms with Crippen LogP contribution in [0.3, 0.4) is 0 Å². The number of rotatable bonds is 9. The van der Waals surface area contributed by atoms with E-state index in [9.17, 15) is 14.4 Å². The first kappa shape index (κ1) is 19.7. The van der Waals surface area contributed by atoms with Gasteiger partial charge < -0.3 is 15.2 Å². The van der Waals surface area contributed by atoms with Crippen molar-refractivity contribution in [2.24, 2.45) is 0 Å². The molecule has 0 aliphatic heterocycles. The number of hydrogen-bond donors (Lipinski definition) is 2. The Morgan fingerprint density at radius 1 is 1.21 bits per heavy atom. The van der Waals surface area contributed by atoms with Crippen molar-refractivity contribution < 1.29 is 9.59 Å². The Labute approximate surface area is 142 Å². The number of hydrogen-bond acceptors (Lipinski definition) is 3. The van der Waals surface area contributed by atoms with E-state index in [1.807, 2.05) is 20.8 Å². The summed E-state index contributed by atoms with van der Waals surface area (Å²) in [5.74, 6) is -0.941. The number of pyridine rings is 1. The van der Waals surface area contributed by atoms with E-state index in [4.69, 9.17) is 0 Å². The van der Waals surface area contributed by atoms with Gasteiger partial charge in [-0.2, -0.15) is 0 Å². The number of nitrogens with one attached hydrogen (secondary N) is 2. The van der Waals surface area contributed by atoms with Crippen molar-refractivity contribution >= 4 is 11.8 Å². The van der Waals surface area contributed by atoms with Gasteiger partial charge in [-0.05, 0) is 19.8 Å². The van der Waals surface area contributed by atoms with Crippen molar-refractivity contribution in [1.29, 1.82) is 0 Å². The second-order valence-corrected chi connectivity index (χ2v) is 5.73.